The third-order valence-corrected chi connectivity index (χ3v) is 2.72. The van der Waals surface area contributed by atoms with Crippen molar-refractivity contribution in [2.24, 2.45) is 5.92 Å². The first-order valence-corrected chi connectivity index (χ1v) is 5.27. The van der Waals surface area contributed by atoms with Crippen LogP contribution in [0.4, 0.5) is 11.5 Å². The van der Waals surface area contributed by atoms with Gasteiger partial charge in [0.15, 0.2) is 0 Å². The van der Waals surface area contributed by atoms with Gasteiger partial charge in [-0.15, -0.1) is 0 Å². The van der Waals surface area contributed by atoms with Gasteiger partial charge in [0.2, 0.25) is 0 Å². The molecule has 0 radical (unpaired) electrons. The van der Waals surface area contributed by atoms with Crippen LogP contribution in [-0.4, -0.2) is 11.0 Å². The van der Waals surface area contributed by atoms with Gasteiger partial charge in [-0.05, 0) is 30.9 Å². The summed E-state index contributed by atoms with van der Waals surface area (Å²) in [6.45, 7) is 2.24. The Hall–Kier alpha value is -1.25. The lowest BCUT2D eigenvalue weighted by Gasteiger charge is -2.04. The molecule has 1 aliphatic carbocycles. The Labute approximate surface area is 84.7 Å². The van der Waals surface area contributed by atoms with Crippen LogP contribution < -0.4 is 11.1 Å². The van der Waals surface area contributed by atoms with Crippen molar-refractivity contribution in [3.05, 3.63) is 18.3 Å². The van der Waals surface area contributed by atoms with Gasteiger partial charge >= 0.3 is 0 Å². The molecule has 0 amide bonds. The number of pyridine rings is 1. The van der Waals surface area contributed by atoms with Crippen molar-refractivity contribution in [1.82, 2.24) is 4.98 Å². The van der Waals surface area contributed by atoms with E-state index >= 15 is 0 Å². The number of anilines is 2. The molecule has 76 valence electrons. The molecule has 0 spiro atoms. The zero-order chi connectivity index (χ0) is 9.97. The fourth-order valence-electron chi connectivity index (χ4n) is 1.82. The summed E-state index contributed by atoms with van der Waals surface area (Å²) in [6.07, 6.45) is 5.72. The Morgan fingerprint density at radius 1 is 1.57 bits per heavy atom. The number of nitrogens with one attached hydrogen (secondary N) is 1. The number of rotatable bonds is 4. The van der Waals surface area contributed by atoms with Crippen LogP contribution in [-0.2, 0) is 0 Å². The summed E-state index contributed by atoms with van der Waals surface area (Å²) in [6, 6.07) is 4.49. The highest BCUT2D eigenvalue weighted by Gasteiger charge is 2.35. The van der Waals surface area contributed by atoms with Crippen molar-refractivity contribution in [2.75, 3.05) is 11.1 Å². The van der Waals surface area contributed by atoms with Gasteiger partial charge in [0, 0.05) is 6.04 Å². The second kappa shape index (κ2) is 3.86. The van der Waals surface area contributed by atoms with E-state index in [1.807, 2.05) is 12.1 Å². The SMILES string of the molecule is CCCC1CC1Nc1ccc(N)nc1. The zero-order valence-corrected chi connectivity index (χ0v) is 8.53. The fraction of sp³-hybridized carbons (Fsp3) is 0.545. The number of hydrogen-bond acceptors (Lipinski definition) is 3. The summed E-state index contributed by atoms with van der Waals surface area (Å²) in [5.41, 5.74) is 6.60. The highest BCUT2D eigenvalue weighted by Crippen LogP contribution is 2.37. The summed E-state index contributed by atoms with van der Waals surface area (Å²) >= 11 is 0. The van der Waals surface area contributed by atoms with Gasteiger partial charge in [0.1, 0.15) is 5.82 Å². The van der Waals surface area contributed by atoms with E-state index in [0.717, 1.165) is 11.6 Å². The van der Waals surface area contributed by atoms with Crippen molar-refractivity contribution >= 4 is 11.5 Å². The minimum absolute atomic E-state index is 0.580. The predicted octanol–water partition coefficient (Wildman–Crippen LogP) is 2.26. The Morgan fingerprint density at radius 3 is 3.07 bits per heavy atom. The largest absolute Gasteiger partial charge is 0.384 e. The van der Waals surface area contributed by atoms with E-state index in [0.29, 0.717) is 11.9 Å². The lowest BCUT2D eigenvalue weighted by atomic mass is 10.2. The molecule has 2 atom stereocenters. The molecule has 0 aliphatic heterocycles. The summed E-state index contributed by atoms with van der Waals surface area (Å²) in [7, 11) is 0. The third-order valence-electron chi connectivity index (χ3n) is 2.72. The van der Waals surface area contributed by atoms with Gasteiger partial charge in [0.05, 0.1) is 11.9 Å². The smallest absolute Gasteiger partial charge is 0.123 e. The fourth-order valence-corrected chi connectivity index (χ4v) is 1.82. The lowest BCUT2D eigenvalue weighted by molar-refractivity contribution is 0.693. The highest BCUT2D eigenvalue weighted by molar-refractivity contribution is 5.47. The second-order valence-electron chi connectivity index (χ2n) is 4.01. The van der Waals surface area contributed by atoms with Gasteiger partial charge in [-0.1, -0.05) is 13.3 Å². The third kappa shape index (κ3) is 2.16. The number of nitrogen functional groups attached to an aromatic ring is 1. The summed E-state index contributed by atoms with van der Waals surface area (Å²) in [5, 5.41) is 3.46. The molecule has 0 aromatic carbocycles. The van der Waals surface area contributed by atoms with Crippen molar-refractivity contribution in [3.8, 4) is 0 Å². The molecular weight excluding hydrogens is 174 g/mol. The van der Waals surface area contributed by atoms with Crippen molar-refractivity contribution in [2.45, 2.75) is 32.2 Å². The van der Waals surface area contributed by atoms with Gasteiger partial charge in [0.25, 0.3) is 0 Å². The summed E-state index contributed by atoms with van der Waals surface area (Å²) in [4.78, 5) is 4.05. The minimum atomic E-state index is 0.580. The molecular formula is C11H17N3. The quantitative estimate of drug-likeness (QED) is 0.767. The molecule has 1 heterocycles. The maximum Gasteiger partial charge on any atom is 0.123 e. The van der Waals surface area contributed by atoms with E-state index in [9.17, 15) is 0 Å². The molecule has 0 saturated heterocycles. The van der Waals surface area contributed by atoms with Crippen LogP contribution in [0.25, 0.3) is 0 Å². The monoisotopic (exact) mass is 191 g/mol. The van der Waals surface area contributed by atoms with Gasteiger partial charge < -0.3 is 11.1 Å². The molecule has 3 N–H and O–H groups in total. The van der Waals surface area contributed by atoms with Crippen LogP contribution in [0.15, 0.2) is 18.3 Å². The Morgan fingerprint density at radius 2 is 2.43 bits per heavy atom. The van der Waals surface area contributed by atoms with Crippen molar-refractivity contribution in [3.63, 3.8) is 0 Å². The van der Waals surface area contributed by atoms with E-state index < -0.39 is 0 Å². The van der Waals surface area contributed by atoms with Crippen LogP contribution in [0.5, 0.6) is 0 Å². The summed E-state index contributed by atoms with van der Waals surface area (Å²) < 4.78 is 0. The number of nitrogens with zero attached hydrogens (tertiary/aromatic N) is 1. The molecule has 0 bridgehead atoms. The molecule has 3 nitrogen and oxygen atoms in total. The molecule has 1 fully saturated rings. The molecule has 1 aromatic rings. The Kier molecular flexibility index (Phi) is 2.57. The number of hydrogen-bond donors (Lipinski definition) is 2. The zero-order valence-electron chi connectivity index (χ0n) is 8.53. The van der Waals surface area contributed by atoms with Crippen molar-refractivity contribution < 1.29 is 0 Å². The lowest BCUT2D eigenvalue weighted by Crippen LogP contribution is -2.05. The Balaban J connectivity index is 1.84. The Bertz CT molecular complexity index is 294. The van der Waals surface area contributed by atoms with E-state index in [1.54, 1.807) is 6.20 Å². The maximum absolute atomic E-state index is 5.51. The average Bonchev–Trinajstić information content (AvgIpc) is 2.89. The average molecular weight is 191 g/mol. The second-order valence-corrected chi connectivity index (χ2v) is 4.01. The van der Waals surface area contributed by atoms with Crippen LogP contribution in [0, 0.1) is 5.92 Å². The van der Waals surface area contributed by atoms with Gasteiger partial charge in [-0.3, -0.25) is 0 Å². The first-order chi connectivity index (χ1) is 6.79. The minimum Gasteiger partial charge on any atom is -0.384 e. The first kappa shape index (κ1) is 9.31. The van der Waals surface area contributed by atoms with E-state index in [1.165, 1.54) is 19.3 Å². The van der Waals surface area contributed by atoms with E-state index in [-0.39, 0.29) is 0 Å². The van der Waals surface area contributed by atoms with Gasteiger partial charge in [-0.2, -0.15) is 0 Å². The first-order valence-electron chi connectivity index (χ1n) is 5.27. The van der Waals surface area contributed by atoms with Crippen molar-refractivity contribution in [1.29, 1.82) is 0 Å². The molecule has 1 aromatic heterocycles. The maximum atomic E-state index is 5.51. The molecule has 1 saturated carbocycles. The van der Waals surface area contributed by atoms with Crippen LogP contribution in [0.1, 0.15) is 26.2 Å². The molecule has 1 aliphatic rings. The van der Waals surface area contributed by atoms with E-state index in [2.05, 4.69) is 17.2 Å². The molecule has 2 rings (SSSR count). The molecule has 2 unspecified atom stereocenters. The number of nitrogens with two attached hydrogens (primary N) is 1. The van der Waals surface area contributed by atoms with E-state index in [4.69, 9.17) is 5.73 Å². The summed E-state index contributed by atoms with van der Waals surface area (Å²) in [5.74, 6) is 1.45. The van der Waals surface area contributed by atoms with Crippen LogP contribution in [0.3, 0.4) is 0 Å². The number of aromatic nitrogens is 1. The topological polar surface area (TPSA) is 50.9 Å². The molecule has 3 heteroatoms. The van der Waals surface area contributed by atoms with Gasteiger partial charge in [-0.25, -0.2) is 4.98 Å². The van der Waals surface area contributed by atoms with Crippen LogP contribution in [0.2, 0.25) is 0 Å². The highest BCUT2D eigenvalue weighted by atomic mass is 15.0. The normalized spacial score (nSPS) is 24.6. The van der Waals surface area contributed by atoms with Crippen LogP contribution >= 0.6 is 0 Å². The molecule has 14 heavy (non-hydrogen) atoms. The predicted molar refractivity (Wildman–Crippen MR) is 59.1 cm³/mol. The standard InChI is InChI=1S/C11H17N3/c1-2-3-8-6-10(8)14-9-4-5-11(12)13-7-9/h4-5,7-8,10,14H,2-3,6H2,1H3,(H2,12,13).